The van der Waals surface area contributed by atoms with Crippen LogP contribution in [0.5, 0.6) is 17.2 Å². The number of benzene rings is 4. The van der Waals surface area contributed by atoms with E-state index in [1.54, 1.807) is 12.1 Å². The Morgan fingerprint density at radius 3 is 2.36 bits per heavy atom. The molecule has 0 aliphatic carbocycles. The van der Waals surface area contributed by atoms with Gasteiger partial charge in [0.1, 0.15) is 17.8 Å². The number of fused-ring (bicyclic) bond motifs is 5. The smallest absolute Gasteiger partial charge is 0.251 e. The lowest BCUT2D eigenvalue weighted by Crippen LogP contribution is -2.42. The van der Waals surface area contributed by atoms with Crippen molar-refractivity contribution in [3.05, 3.63) is 118 Å². The van der Waals surface area contributed by atoms with Gasteiger partial charge in [0.15, 0.2) is 11.5 Å². The van der Waals surface area contributed by atoms with Crippen molar-refractivity contribution >= 4 is 17.5 Å². The number of anilines is 1. The van der Waals surface area contributed by atoms with Crippen LogP contribution in [0.1, 0.15) is 38.2 Å². The number of para-hydroxylation sites is 1. The molecule has 7 rings (SSSR count). The first kappa shape index (κ1) is 23.3. The molecule has 4 aromatic carbocycles. The van der Waals surface area contributed by atoms with Gasteiger partial charge in [0.2, 0.25) is 12.7 Å². The van der Waals surface area contributed by atoms with E-state index < -0.39 is 5.41 Å². The molecule has 7 nitrogen and oxygen atoms in total. The molecule has 3 heterocycles. The van der Waals surface area contributed by atoms with Gasteiger partial charge in [-0.1, -0.05) is 60.2 Å². The second-order valence-corrected chi connectivity index (χ2v) is 10.2. The molecule has 1 atom stereocenters. The number of carbonyl (C=O) groups is 2. The van der Waals surface area contributed by atoms with E-state index in [0.29, 0.717) is 35.9 Å². The predicted octanol–water partition coefficient (Wildman–Crippen LogP) is 4.88. The van der Waals surface area contributed by atoms with Crippen LogP contribution in [0.4, 0.5) is 5.69 Å². The summed E-state index contributed by atoms with van der Waals surface area (Å²) in [7, 11) is 0. The molecule has 0 aromatic heterocycles. The van der Waals surface area contributed by atoms with Crippen LogP contribution >= 0.6 is 0 Å². The van der Waals surface area contributed by atoms with Crippen molar-refractivity contribution in [1.29, 1.82) is 0 Å². The third kappa shape index (κ3) is 3.73. The summed E-state index contributed by atoms with van der Waals surface area (Å²) in [5.41, 5.74) is 5.36. The quantitative estimate of drug-likeness (QED) is 0.408. The number of hydrogen-bond donors (Lipinski definition) is 1. The van der Waals surface area contributed by atoms with Crippen LogP contribution in [0, 0.1) is 6.92 Å². The van der Waals surface area contributed by atoms with Crippen LogP contribution in [0.2, 0.25) is 0 Å². The summed E-state index contributed by atoms with van der Waals surface area (Å²) in [6.07, 6.45) is 0. The van der Waals surface area contributed by atoms with E-state index in [9.17, 15) is 9.59 Å². The molecule has 39 heavy (non-hydrogen) atoms. The zero-order chi connectivity index (χ0) is 26.6. The maximum Gasteiger partial charge on any atom is 0.251 e. The summed E-state index contributed by atoms with van der Waals surface area (Å²) in [5.74, 6) is 1.72. The molecule has 3 aliphatic heterocycles. The Balaban J connectivity index is 1.13. The Hall–Kier alpha value is -4.78. The number of nitrogens with zero attached hydrogens (tertiary/aromatic N) is 1. The first-order valence-electron chi connectivity index (χ1n) is 12.9. The van der Waals surface area contributed by atoms with E-state index in [-0.39, 0.29) is 25.2 Å². The van der Waals surface area contributed by atoms with Crippen LogP contribution < -0.4 is 24.4 Å². The van der Waals surface area contributed by atoms with Gasteiger partial charge in [0, 0.05) is 29.4 Å². The summed E-state index contributed by atoms with van der Waals surface area (Å²) in [6, 6.07) is 27.1. The van der Waals surface area contributed by atoms with Gasteiger partial charge >= 0.3 is 0 Å². The zero-order valence-electron chi connectivity index (χ0n) is 21.4. The van der Waals surface area contributed by atoms with E-state index >= 15 is 0 Å². The maximum atomic E-state index is 14.2. The highest BCUT2D eigenvalue weighted by Gasteiger charge is 2.57. The molecular formula is C32H26N2O5. The SMILES string of the molecule is Cc1ccc(CNC(=O)c2ccc(CN3C(=O)C4(COc5cc6c(cc54)OCO6)c4ccccc43)cc2)cc1. The van der Waals surface area contributed by atoms with E-state index in [1.165, 1.54) is 5.56 Å². The van der Waals surface area contributed by atoms with Gasteiger partial charge in [0.25, 0.3) is 5.91 Å². The topological polar surface area (TPSA) is 77.1 Å². The molecule has 3 aliphatic rings. The van der Waals surface area contributed by atoms with Crippen LogP contribution in [0.15, 0.2) is 84.9 Å². The lowest BCUT2D eigenvalue weighted by Gasteiger charge is -2.23. The molecule has 0 radical (unpaired) electrons. The fourth-order valence-corrected chi connectivity index (χ4v) is 5.66. The third-order valence-corrected chi connectivity index (χ3v) is 7.77. The number of carbonyl (C=O) groups excluding carboxylic acids is 2. The van der Waals surface area contributed by atoms with Gasteiger partial charge in [-0.2, -0.15) is 0 Å². The number of ether oxygens (including phenoxy) is 3. The number of aryl methyl sites for hydroxylation is 1. The maximum absolute atomic E-state index is 14.2. The molecule has 7 heteroatoms. The molecule has 1 N–H and O–H groups in total. The van der Waals surface area contributed by atoms with Crippen molar-refractivity contribution in [2.24, 2.45) is 0 Å². The van der Waals surface area contributed by atoms with Crippen molar-refractivity contribution in [3.8, 4) is 17.2 Å². The predicted molar refractivity (Wildman–Crippen MR) is 145 cm³/mol. The highest BCUT2D eigenvalue weighted by molar-refractivity contribution is 6.11. The third-order valence-electron chi connectivity index (χ3n) is 7.77. The largest absolute Gasteiger partial charge is 0.491 e. The van der Waals surface area contributed by atoms with Crippen LogP contribution in [0.3, 0.4) is 0 Å². The molecule has 1 spiro atoms. The first-order valence-corrected chi connectivity index (χ1v) is 12.9. The Morgan fingerprint density at radius 1 is 0.846 bits per heavy atom. The first-order chi connectivity index (χ1) is 19.0. The second kappa shape index (κ2) is 8.91. The molecule has 0 fully saturated rings. The molecule has 0 saturated carbocycles. The summed E-state index contributed by atoms with van der Waals surface area (Å²) in [6.45, 7) is 3.25. The molecule has 4 aromatic rings. The van der Waals surface area contributed by atoms with E-state index in [4.69, 9.17) is 14.2 Å². The fourth-order valence-electron chi connectivity index (χ4n) is 5.66. The van der Waals surface area contributed by atoms with Gasteiger partial charge in [-0.25, -0.2) is 0 Å². The minimum atomic E-state index is -0.942. The zero-order valence-corrected chi connectivity index (χ0v) is 21.4. The second-order valence-electron chi connectivity index (χ2n) is 10.2. The highest BCUT2D eigenvalue weighted by atomic mass is 16.7. The Labute approximate surface area is 225 Å². The summed E-state index contributed by atoms with van der Waals surface area (Å²) >= 11 is 0. The van der Waals surface area contributed by atoms with E-state index in [0.717, 1.165) is 27.9 Å². The number of rotatable bonds is 5. The van der Waals surface area contributed by atoms with Crippen LogP contribution in [0.25, 0.3) is 0 Å². The summed E-state index contributed by atoms with van der Waals surface area (Å²) < 4.78 is 17.2. The average molecular weight is 519 g/mol. The lowest BCUT2D eigenvalue weighted by molar-refractivity contribution is -0.122. The standard InChI is InChI=1S/C32H26N2O5/c1-20-6-8-21(9-7-20)16-33-30(35)23-12-10-22(11-13-23)17-34-26-5-3-2-4-24(26)32(31(34)36)18-37-27-15-29-28(14-25(27)32)38-19-39-29/h2-15H,16-19H2,1H3,(H,33,35). The minimum Gasteiger partial charge on any atom is -0.491 e. The fraction of sp³-hybridized carbons (Fsp3) is 0.188. The number of hydrogen-bond acceptors (Lipinski definition) is 5. The number of nitrogens with one attached hydrogen (secondary N) is 1. The summed E-state index contributed by atoms with van der Waals surface area (Å²) in [5, 5.41) is 2.97. The van der Waals surface area contributed by atoms with Crippen molar-refractivity contribution in [2.75, 3.05) is 18.3 Å². The average Bonchev–Trinajstić information content (AvgIpc) is 3.64. The van der Waals surface area contributed by atoms with Crippen LogP contribution in [-0.4, -0.2) is 25.2 Å². The van der Waals surface area contributed by atoms with Crippen molar-refractivity contribution in [3.63, 3.8) is 0 Å². The summed E-state index contributed by atoms with van der Waals surface area (Å²) in [4.78, 5) is 28.7. The molecule has 2 amide bonds. The van der Waals surface area contributed by atoms with Crippen LogP contribution in [-0.2, 0) is 23.3 Å². The molecule has 0 saturated heterocycles. The van der Waals surface area contributed by atoms with Crippen molar-refractivity contribution in [1.82, 2.24) is 5.32 Å². The van der Waals surface area contributed by atoms with Crippen molar-refractivity contribution < 1.29 is 23.8 Å². The normalized spacial score (nSPS) is 18.2. The Bertz CT molecular complexity index is 1610. The monoisotopic (exact) mass is 518 g/mol. The molecule has 194 valence electrons. The van der Waals surface area contributed by atoms with E-state index in [2.05, 4.69) is 5.32 Å². The van der Waals surface area contributed by atoms with Gasteiger partial charge < -0.3 is 24.4 Å². The van der Waals surface area contributed by atoms with Gasteiger partial charge in [-0.05, 0) is 47.9 Å². The number of amides is 2. The van der Waals surface area contributed by atoms with E-state index in [1.807, 2.05) is 84.6 Å². The van der Waals surface area contributed by atoms with Gasteiger partial charge in [0.05, 0.1) is 6.54 Å². The molecular weight excluding hydrogens is 492 g/mol. The minimum absolute atomic E-state index is 0.0405. The highest BCUT2D eigenvalue weighted by Crippen LogP contribution is 2.55. The Morgan fingerprint density at radius 2 is 1.56 bits per heavy atom. The van der Waals surface area contributed by atoms with Gasteiger partial charge in [-0.15, -0.1) is 0 Å². The van der Waals surface area contributed by atoms with Gasteiger partial charge in [-0.3, -0.25) is 9.59 Å². The molecule has 1 unspecified atom stereocenters. The lowest BCUT2D eigenvalue weighted by atomic mass is 9.77. The Kier molecular flexibility index (Phi) is 5.33. The molecule has 0 bridgehead atoms. The van der Waals surface area contributed by atoms with Crippen molar-refractivity contribution in [2.45, 2.75) is 25.4 Å².